The molecular formula is C19H19Cl2NO5. The van der Waals surface area contributed by atoms with E-state index in [1.807, 2.05) is 0 Å². The maximum atomic E-state index is 12.3. The van der Waals surface area contributed by atoms with Crippen molar-refractivity contribution in [2.75, 3.05) is 27.4 Å². The number of halogens is 2. The van der Waals surface area contributed by atoms with Crippen molar-refractivity contribution in [2.45, 2.75) is 6.42 Å². The first-order valence-electron chi connectivity index (χ1n) is 8.05. The SMILES string of the molecule is COc1cccc(OC)c1C(=O)OCC(=O)NCCc1ccc(Cl)cc1Cl. The summed E-state index contributed by atoms with van der Waals surface area (Å²) in [5.74, 6) is -0.531. The molecular weight excluding hydrogens is 393 g/mol. The minimum atomic E-state index is -0.708. The lowest BCUT2D eigenvalue weighted by molar-refractivity contribution is -0.124. The lowest BCUT2D eigenvalue weighted by Gasteiger charge is -2.12. The molecule has 0 aliphatic heterocycles. The van der Waals surface area contributed by atoms with Crippen LogP contribution in [0.2, 0.25) is 10.0 Å². The van der Waals surface area contributed by atoms with E-state index in [1.54, 1.807) is 36.4 Å². The highest BCUT2D eigenvalue weighted by Crippen LogP contribution is 2.28. The zero-order valence-corrected chi connectivity index (χ0v) is 16.4. The van der Waals surface area contributed by atoms with Gasteiger partial charge in [-0.2, -0.15) is 0 Å². The van der Waals surface area contributed by atoms with E-state index < -0.39 is 18.5 Å². The summed E-state index contributed by atoms with van der Waals surface area (Å²) in [6, 6.07) is 10.1. The van der Waals surface area contributed by atoms with E-state index in [4.69, 9.17) is 37.4 Å². The number of ether oxygens (including phenoxy) is 3. The van der Waals surface area contributed by atoms with Crippen molar-refractivity contribution < 1.29 is 23.8 Å². The first kappa shape index (κ1) is 20.9. The third kappa shape index (κ3) is 5.77. The maximum absolute atomic E-state index is 12.3. The predicted octanol–water partition coefficient (Wildman–Crippen LogP) is 3.53. The molecule has 0 spiro atoms. The van der Waals surface area contributed by atoms with E-state index in [0.717, 1.165) is 5.56 Å². The summed E-state index contributed by atoms with van der Waals surface area (Å²) in [6.07, 6.45) is 0.524. The van der Waals surface area contributed by atoms with Gasteiger partial charge in [0.2, 0.25) is 0 Å². The first-order valence-corrected chi connectivity index (χ1v) is 8.80. The molecule has 0 saturated heterocycles. The van der Waals surface area contributed by atoms with Crippen molar-refractivity contribution in [2.24, 2.45) is 0 Å². The Morgan fingerprint density at radius 1 is 1.04 bits per heavy atom. The molecule has 0 unspecified atom stereocenters. The number of benzene rings is 2. The van der Waals surface area contributed by atoms with E-state index in [2.05, 4.69) is 5.32 Å². The molecule has 0 atom stereocenters. The van der Waals surface area contributed by atoms with Crippen LogP contribution in [0, 0.1) is 0 Å². The van der Waals surface area contributed by atoms with Crippen LogP contribution in [0.4, 0.5) is 0 Å². The molecule has 8 heteroatoms. The normalized spacial score (nSPS) is 10.2. The van der Waals surface area contributed by atoms with Crippen LogP contribution in [0.3, 0.4) is 0 Å². The average Bonchev–Trinajstić information content (AvgIpc) is 2.67. The molecule has 0 aliphatic carbocycles. The van der Waals surface area contributed by atoms with Gasteiger partial charge in [0.25, 0.3) is 5.91 Å². The molecule has 0 bridgehead atoms. The fourth-order valence-electron chi connectivity index (χ4n) is 2.37. The number of esters is 1. The molecule has 144 valence electrons. The smallest absolute Gasteiger partial charge is 0.346 e. The monoisotopic (exact) mass is 411 g/mol. The van der Waals surface area contributed by atoms with Crippen molar-refractivity contribution in [3.05, 3.63) is 57.6 Å². The van der Waals surface area contributed by atoms with Gasteiger partial charge in [0.05, 0.1) is 14.2 Å². The summed E-state index contributed by atoms with van der Waals surface area (Å²) in [7, 11) is 2.86. The van der Waals surface area contributed by atoms with Crippen LogP contribution >= 0.6 is 23.2 Å². The van der Waals surface area contributed by atoms with Crippen molar-refractivity contribution in [1.82, 2.24) is 5.32 Å². The number of hydrogen-bond acceptors (Lipinski definition) is 5. The second-order valence-electron chi connectivity index (χ2n) is 5.45. The lowest BCUT2D eigenvalue weighted by atomic mass is 10.1. The van der Waals surface area contributed by atoms with Gasteiger partial charge in [-0.25, -0.2) is 4.79 Å². The molecule has 0 aliphatic rings. The van der Waals surface area contributed by atoms with Crippen molar-refractivity contribution in [1.29, 1.82) is 0 Å². The Bertz CT molecular complexity index is 803. The Morgan fingerprint density at radius 3 is 2.30 bits per heavy atom. The van der Waals surface area contributed by atoms with Crippen molar-refractivity contribution in [3.8, 4) is 11.5 Å². The van der Waals surface area contributed by atoms with Crippen molar-refractivity contribution >= 4 is 35.1 Å². The predicted molar refractivity (Wildman–Crippen MR) is 103 cm³/mol. The first-order chi connectivity index (χ1) is 13.0. The Hall–Kier alpha value is -2.44. The third-order valence-electron chi connectivity index (χ3n) is 3.70. The molecule has 0 heterocycles. The number of carbonyl (C=O) groups excluding carboxylic acids is 2. The van der Waals surface area contributed by atoms with Crippen molar-refractivity contribution in [3.63, 3.8) is 0 Å². The van der Waals surface area contributed by atoms with Crippen LogP contribution in [0.1, 0.15) is 15.9 Å². The molecule has 0 fully saturated rings. The summed E-state index contributed by atoms with van der Waals surface area (Å²) in [4.78, 5) is 24.2. The molecule has 2 rings (SSSR count). The second-order valence-corrected chi connectivity index (χ2v) is 6.29. The average molecular weight is 412 g/mol. The van der Waals surface area contributed by atoms with Crippen LogP contribution in [0.5, 0.6) is 11.5 Å². The molecule has 0 radical (unpaired) electrons. The highest BCUT2D eigenvalue weighted by atomic mass is 35.5. The number of amides is 1. The topological polar surface area (TPSA) is 73.9 Å². The van der Waals surface area contributed by atoms with Gasteiger partial charge in [-0.15, -0.1) is 0 Å². The largest absolute Gasteiger partial charge is 0.496 e. The molecule has 0 aromatic heterocycles. The quantitative estimate of drug-likeness (QED) is 0.672. The summed E-state index contributed by atoms with van der Waals surface area (Å²) in [6.45, 7) is -0.0793. The Labute approximate surface area is 167 Å². The zero-order valence-electron chi connectivity index (χ0n) is 14.9. The van der Waals surface area contributed by atoms with Crippen LogP contribution in [-0.2, 0) is 16.0 Å². The van der Waals surface area contributed by atoms with Crippen LogP contribution in [0.25, 0.3) is 0 Å². The fraction of sp³-hybridized carbons (Fsp3) is 0.263. The van der Waals surface area contributed by atoms with E-state index in [9.17, 15) is 9.59 Å². The van der Waals surface area contributed by atoms with Crippen LogP contribution < -0.4 is 14.8 Å². The minimum absolute atomic E-state index is 0.128. The van der Waals surface area contributed by atoms with Gasteiger partial charge < -0.3 is 19.5 Å². The van der Waals surface area contributed by atoms with Gasteiger partial charge in [0.1, 0.15) is 17.1 Å². The Morgan fingerprint density at radius 2 is 1.70 bits per heavy atom. The number of hydrogen-bond donors (Lipinski definition) is 1. The van der Waals surface area contributed by atoms with E-state index in [-0.39, 0.29) is 5.56 Å². The van der Waals surface area contributed by atoms with E-state index >= 15 is 0 Å². The summed E-state index contributed by atoms with van der Waals surface area (Å²) >= 11 is 11.9. The molecule has 2 aromatic rings. The number of carbonyl (C=O) groups is 2. The fourth-order valence-corrected chi connectivity index (χ4v) is 2.87. The van der Waals surface area contributed by atoms with Gasteiger partial charge in [-0.05, 0) is 36.2 Å². The maximum Gasteiger partial charge on any atom is 0.346 e. The molecule has 1 amide bonds. The third-order valence-corrected chi connectivity index (χ3v) is 4.28. The summed E-state index contributed by atoms with van der Waals surface area (Å²) < 4.78 is 15.4. The van der Waals surface area contributed by atoms with Gasteiger partial charge in [-0.3, -0.25) is 4.79 Å². The molecule has 2 aromatic carbocycles. The van der Waals surface area contributed by atoms with Gasteiger partial charge in [0, 0.05) is 16.6 Å². The second kappa shape index (κ2) is 10.0. The highest BCUT2D eigenvalue weighted by Gasteiger charge is 2.20. The molecule has 27 heavy (non-hydrogen) atoms. The van der Waals surface area contributed by atoms with Gasteiger partial charge >= 0.3 is 5.97 Å². The van der Waals surface area contributed by atoms with Gasteiger partial charge in [-0.1, -0.05) is 35.3 Å². The number of methoxy groups -OCH3 is 2. The summed E-state index contributed by atoms with van der Waals surface area (Å²) in [5, 5.41) is 3.75. The van der Waals surface area contributed by atoms with Gasteiger partial charge in [0.15, 0.2) is 6.61 Å². The Balaban J connectivity index is 1.86. The highest BCUT2D eigenvalue weighted by molar-refractivity contribution is 6.35. The zero-order chi connectivity index (χ0) is 19.8. The molecule has 6 nitrogen and oxygen atoms in total. The number of nitrogens with one attached hydrogen (secondary N) is 1. The van der Waals surface area contributed by atoms with E-state index in [0.29, 0.717) is 34.5 Å². The molecule has 0 saturated carbocycles. The minimum Gasteiger partial charge on any atom is -0.496 e. The van der Waals surface area contributed by atoms with Crippen LogP contribution in [0.15, 0.2) is 36.4 Å². The van der Waals surface area contributed by atoms with E-state index in [1.165, 1.54) is 14.2 Å². The molecule has 1 N–H and O–H groups in total. The standard InChI is InChI=1S/C19H19Cl2NO5/c1-25-15-4-3-5-16(26-2)18(15)19(24)27-11-17(23)22-9-8-12-6-7-13(20)10-14(12)21/h3-7,10H,8-9,11H2,1-2H3,(H,22,23). The summed E-state index contributed by atoms with van der Waals surface area (Å²) in [5.41, 5.74) is 0.986. The van der Waals surface area contributed by atoms with Crippen LogP contribution in [-0.4, -0.2) is 39.2 Å². The lowest BCUT2D eigenvalue weighted by Crippen LogP contribution is -2.30. The Kier molecular flexibility index (Phi) is 7.76. The number of rotatable bonds is 8.